The maximum atomic E-state index is 9.11. The van der Waals surface area contributed by atoms with Gasteiger partial charge >= 0.3 is 0 Å². The second kappa shape index (κ2) is 1.34. The van der Waals surface area contributed by atoms with Gasteiger partial charge in [0.05, 0.1) is 5.60 Å². The molecule has 0 bridgehead atoms. The van der Waals surface area contributed by atoms with Gasteiger partial charge in [0.15, 0.2) is 0 Å². The molecular formula is C6H10O. The van der Waals surface area contributed by atoms with E-state index in [0.717, 1.165) is 12.8 Å². The van der Waals surface area contributed by atoms with E-state index >= 15 is 0 Å². The third kappa shape index (κ3) is 1.03. The summed E-state index contributed by atoms with van der Waals surface area (Å²) in [5.41, 5.74) is -0.486. The summed E-state index contributed by atoms with van der Waals surface area (Å²) in [5, 5.41) is 9.11. The van der Waals surface area contributed by atoms with Gasteiger partial charge in [0.25, 0.3) is 0 Å². The van der Waals surface area contributed by atoms with E-state index in [4.69, 9.17) is 5.11 Å². The Morgan fingerprint density at radius 3 is 2.57 bits per heavy atom. The van der Waals surface area contributed by atoms with E-state index in [1.807, 2.05) is 19.1 Å². The maximum absolute atomic E-state index is 9.11. The van der Waals surface area contributed by atoms with Crippen molar-refractivity contribution in [3.8, 4) is 0 Å². The van der Waals surface area contributed by atoms with Crippen LogP contribution in [-0.4, -0.2) is 10.7 Å². The Morgan fingerprint density at radius 2 is 2.43 bits per heavy atom. The summed E-state index contributed by atoms with van der Waals surface area (Å²) in [6.45, 7) is 1.83. The fraction of sp³-hybridized carbons (Fsp3) is 0.667. The number of hydrogen-bond donors (Lipinski definition) is 1. The fourth-order valence-corrected chi connectivity index (χ4v) is 0.796. The molecule has 0 aromatic rings. The van der Waals surface area contributed by atoms with Crippen LogP contribution in [-0.2, 0) is 0 Å². The summed E-state index contributed by atoms with van der Waals surface area (Å²) < 4.78 is 0. The third-order valence-corrected chi connectivity index (χ3v) is 1.29. The van der Waals surface area contributed by atoms with Gasteiger partial charge in [0, 0.05) is 0 Å². The predicted molar refractivity (Wildman–Crippen MR) is 29.0 cm³/mol. The number of rotatable bonds is 0. The summed E-state index contributed by atoms with van der Waals surface area (Å²) in [4.78, 5) is 0. The molecule has 1 aliphatic carbocycles. The lowest BCUT2D eigenvalue weighted by atomic mass is 10.1. The second-order valence-corrected chi connectivity index (χ2v) is 2.30. The SMILES string of the molecule is C[C@]1(O)C=CCC1. The Labute approximate surface area is 43.7 Å². The molecule has 1 aliphatic rings. The topological polar surface area (TPSA) is 20.2 Å². The van der Waals surface area contributed by atoms with E-state index < -0.39 is 5.60 Å². The summed E-state index contributed by atoms with van der Waals surface area (Å²) in [6.07, 6.45) is 5.80. The molecule has 0 aliphatic heterocycles. The molecule has 0 fully saturated rings. The zero-order valence-electron chi connectivity index (χ0n) is 4.52. The highest BCUT2D eigenvalue weighted by Crippen LogP contribution is 2.20. The van der Waals surface area contributed by atoms with Crippen LogP contribution in [0.4, 0.5) is 0 Å². The van der Waals surface area contributed by atoms with Crippen LogP contribution in [0.1, 0.15) is 19.8 Å². The Balaban J connectivity index is 2.57. The molecule has 0 heterocycles. The van der Waals surface area contributed by atoms with Crippen LogP contribution in [0.25, 0.3) is 0 Å². The Bertz CT molecular complexity index is 92.4. The predicted octanol–water partition coefficient (Wildman–Crippen LogP) is 1.09. The van der Waals surface area contributed by atoms with Gasteiger partial charge in [0.2, 0.25) is 0 Å². The molecule has 40 valence electrons. The van der Waals surface area contributed by atoms with Crippen LogP contribution in [0.15, 0.2) is 12.2 Å². The lowest BCUT2D eigenvalue weighted by molar-refractivity contribution is 0.112. The van der Waals surface area contributed by atoms with Gasteiger partial charge in [-0.3, -0.25) is 0 Å². The van der Waals surface area contributed by atoms with Crippen molar-refractivity contribution in [2.45, 2.75) is 25.4 Å². The van der Waals surface area contributed by atoms with Gasteiger partial charge in [-0.1, -0.05) is 12.2 Å². The van der Waals surface area contributed by atoms with Crippen molar-refractivity contribution < 1.29 is 5.11 Å². The number of hydrogen-bond acceptors (Lipinski definition) is 1. The second-order valence-electron chi connectivity index (χ2n) is 2.30. The van der Waals surface area contributed by atoms with Crippen molar-refractivity contribution in [3.05, 3.63) is 12.2 Å². The van der Waals surface area contributed by atoms with Crippen molar-refractivity contribution in [2.75, 3.05) is 0 Å². The molecule has 1 atom stereocenters. The highest BCUT2D eigenvalue weighted by molar-refractivity contribution is 5.05. The molecule has 1 nitrogen and oxygen atoms in total. The molecule has 0 aromatic carbocycles. The summed E-state index contributed by atoms with van der Waals surface area (Å²) in [6, 6.07) is 0. The normalized spacial score (nSPS) is 39.7. The molecule has 0 saturated carbocycles. The van der Waals surface area contributed by atoms with Gasteiger partial charge in [-0.25, -0.2) is 0 Å². The zero-order valence-corrected chi connectivity index (χ0v) is 4.52. The van der Waals surface area contributed by atoms with E-state index in [-0.39, 0.29) is 0 Å². The van der Waals surface area contributed by atoms with Crippen LogP contribution < -0.4 is 0 Å². The molecule has 1 rings (SSSR count). The lowest BCUT2D eigenvalue weighted by Gasteiger charge is -2.10. The zero-order chi connectivity index (χ0) is 5.33. The van der Waals surface area contributed by atoms with Crippen LogP contribution in [0.2, 0.25) is 0 Å². The van der Waals surface area contributed by atoms with Gasteiger partial charge < -0.3 is 5.11 Å². The van der Waals surface area contributed by atoms with Crippen molar-refractivity contribution in [1.82, 2.24) is 0 Å². The molecule has 0 aromatic heterocycles. The summed E-state index contributed by atoms with van der Waals surface area (Å²) >= 11 is 0. The minimum absolute atomic E-state index is 0.486. The van der Waals surface area contributed by atoms with Crippen molar-refractivity contribution >= 4 is 0 Å². The standard InChI is InChI=1S/C6H10O/c1-6(7)4-2-3-5-6/h2,4,7H,3,5H2,1H3/t6-/m0/s1. The molecule has 0 amide bonds. The maximum Gasteiger partial charge on any atom is 0.0802 e. The number of aliphatic hydroxyl groups is 1. The molecular weight excluding hydrogens is 88.1 g/mol. The summed E-state index contributed by atoms with van der Waals surface area (Å²) in [7, 11) is 0. The van der Waals surface area contributed by atoms with Crippen LogP contribution in [0, 0.1) is 0 Å². The quantitative estimate of drug-likeness (QED) is 0.449. The van der Waals surface area contributed by atoms with E-state index in [1.54, 1.807) is 0 Å². The van der Waals surface area contributed by atoms with E-state index in [0.29, 0.717) is 0 Å². The lowest BCUT2D eigenvalue weighted by Crippen LogP contribution is -2.15. The van der Waals surface area contributed by atoms with Crippen LogP contribution in [0.5, 0.6) is 0 Å². The van der Waals surface area contributed by atoms with Crippen molar-refractivity contribution in [3.63, 3.8) is 0 Å². The van der Waals surface area contributed by atoms with E-state index in [1.165, 1.54) is 0 Å². The molecule has 0 spiro atoms. The Kier molecular flexibility index (Phi) is 0.927. The van der Waals surface area contributed by atoms with Gasteiger partial charge in [-0.2, -0.15) is 0 Å². The first-order valence-corrected chi connectivity index (χ1v) is 2.61. The highest BCUT2D eigenvalue weighted by atomic mass is 16.3. The minimum atomic E-state index is -0.486. The van der Waals surface area contributed by atoms with E-state index in [2.05, 4.69) is 0 Å². The highest BCUT2D eigenvalue weighted by Gasteiger charge is 2.18. The third-order valence-electron chi connectivity index (χ3n) is 1.29. The molecule has 7 heavy (non-hydrogen) atoms. The summed E-state index contributed by atoms with van der Waals surface area (Å²) in [5.74, 6) is 0. The van der Waals surface area contributed by atoms with E-state index in [9.17, 15) is 0 Å². The molecule has 0 radical (unpaired) electrons. The Hall–Kier alpha value is -0.300. The van der Waals surface area contributed by atoms with Crippen LogP contribution >= 0.6 is 0 Å². The largest absolute Gasteiger partial charge is 0.386 e. The molecule has 0 saturated heterocycles. The van der Waals surface area contributed by atoms with Gasteiger partial charge in [-0.05, 0) is 19.8 Å². The average Bonchev–Trinajstić information content (AvgIpc) is 1.84. The van der Waals surface area contributed by atoms with Crippen molar-refractivity contribution in [1.29, 1.82) is 0 Å². The van der Waals surface area contributed by atoms with Gasteiger partial charge in [0.1, 0.15) is 0 Å². The monoisotopic (exact) mass is 98.1 g/mol. The first-order chi connectivity index (χ1) is 3.21. The molecule has 0 unspecified atom stereocenters. The molecule has 1 N–H and O–H groups in total. The van der Waals surface area contributed by atoms with Crippen LogP contribution in [0.3, 0.4) is 0 Å². The van der Waals surface area contributed by atoms with Gasteiger partial charge in [-0.15, -0.1) is 0 Å². The number of allylic oxidation sites excluding steroid dienone is 1. The Morgan fingerprint density at radius 1 is 1.71 bits per heavy atom. The fourth-order valence-electron chi connectivity index (χ4n) is 0.796. The smallest absolute Gasteiger partial charge is 0.0802 e. The average molecular weight is 98.1 g/mol. The minimum Gasteiger partial charge on any atom is -0.386 e. The van der Waals surface area contributed by atoms with Crippen molar-refractivity contribution in [2.24, 2.45) is 0 Å². The first-order valence-electron chi connectivity index (χ1n) is 2.61. The molecule has 1 heteroatoms. The first kappa shape index (κ1) is 4.85.